The number of methoxy groups -OCH3 is 2. The Labute approximate surface area is 282 Å². The summed E-state index contributed by atoms with van der Waals surface area (Å²) < 4.78 is 25.6. The lowest BCUT2D eigenvalue weighted by Gasteiger charge is -2.26. The third kappa shape index (κ3) is 6.99. The summed E-state index contributed by atoms with van der Waals surface area (Å²) >= 11 is 16.9. The minimum Gasteiger partial charge on any atom is -0.496 e. The first-order chi connectivity index (χ1) is 21.5. The lowest BCUT2D eigenvalue weighted by Crippen LogP contribution is -2.40. The molecule has 0 amide bonds. The molecule has 1 aromatic heterocycles. The van der Waals surface area contributed by atoms with Gasteiger partial charge in [0.2, 0.25) is 0 Å². The molecule has 2 heterocycles. The predicted molar refractivity (Wildman–Crippen MR) is 179 cm³/mol. The first kappa shape index (κ1) is 32.8. The summed E-state index contributed by atoms with van der Waals surface area (Å²) in [6, 6.07) is 15.3. The second-order valence-corrected chi connectivity index (χ2v) is 13.1. The molecule has 0 radical (unpaired) electrons. The summed E-state index contributed by atoms with van der Waals surface area (Å²) in [5.41, 5.74) is 2.60. The van der Waals surface area contributed by atoms with Crippen LogP contribution in [0.25, 0.3) is 6.08 Å². The van der Waals surface area contributed by atoms with E-state index in [1.807, 2.05) is 24.3 Å². The smallest absolute Gasteiger partial charge is 0.338 e. The Morgan fingerprint density at radius 1 is 1.02 bits per heavy atom. The van der Waals surface area contributed by atoms with Gasteiger partial charge in [-0.15, -0.1) is 0 Å². The molecule has 1 atom stereocenters. The van der Waals surface area contributed by atoms with E-state index >= 15 is 0 Å². The number of rotatable bonds is 9. The zero-order valence-corrected chi connectivity index (χ0v) is 28.9. The van der Waals surface area contributed by atoms with Gasteiger partial charge in [-0.05, 0) is 80.4 Å². The Morgan fingerprint density at radius 3 is 2.44 bits per heavy atom. The fraction of sp³-hybridized carbons (Fsp3) is 0.242. The lowest BCUT2D eigenvalue weighted by molar-refractivity contribution is -0.143. The van der Waals surface area contributed by atoms with Gasteiger partial charge in [0.25, 0.3) is 5.56 Å². The van der Waals surface area contributed by atoms with Gasteiger partial charge in [-0.2, -0.15) is 0 Å². The zero-order chi connectivity index (χ0) is 32.4. The normalized spacial score (nSPS) is 14.7. The number of allylic oxidation sites excluding steroid dienone is 1. The Bertz CT molecular complexity index is 2000. The second kappa shape index (κ2) is 13.8. The second-order valence-electron chi connectivity index (χ2n) is 10.4. The molecular formula is C33H29BrCl2N2O6S. The first-order valence-corrected chi connectivity index (χ1v) is 16.2. The molecule has 5 rings (SSSR count). The molecule has 3 aromatic carbocycles. The van der Waals surface area contributed by atoms with E-state index in [0.717, 1.165) is 10.0 Å². The number of hydrogen-bond donors (Lipinski definition) is 0. The molecule has 0 fully saturated rings. The van der Waals surface area contributed by atoms with Crippen molar-refractivity contribution >= 4 is 62.5 Å². The molecule has 0 bridgehead atoms. The quantitative estimate of drug-likeness (QED) is 0.175. The van der Waals surface area contributed by atoms with Gasteiger partial charge in [0.1, 0.15) is 18.4 Å². The molecule has 8 nitrogen and oxygen atoms in total. The van der Waals surface area contributed by atoms with E-state index in [1.165, 1.54) is 15.9 Å². The number of carbonyl (C=O) groups is 1. The fourth-order valence-electron chi connectivity index (χ4n) is 4.91. The van der Waals surface area contributed by atoms with Crippen LogP contribution in [-0.2, 0) is 16.1 Å². The number of thiazole rings is 1. The largest absolute Gasteiger partial charge is 0.496 e. The molecule has 45 heavy (non-hydrogen) atoms. The average molecular weight is 732 g/mol. The van der Waals surface area contributed by atoms with Crippen LogP contribution in [0.1, 0.15) is 43.5 Å². The van der Waals surface area contributed by atoms with Crippen molar-refractivity contribution in [2.45, 2.75) is 39.5 Å². The van der Waals surface area contributed by atoms with E-state index in [9.17, 15) is 9.59 Å². The summed E-state index contributed by atoms with van der Waals surface area (Å²) in [5, 5.41) is 0.915. The van der Waals surface area contributed by atoms with Crippen LogP contribution in [0.5, 0.6) is 17.2 Å². The van der Waals surface area contributed by atoms with Gasteiger partial charge in [0, 0.05) is 10.0 Å². The summed E-state index contributed by atoms with van der Waals surface area (Å²) in [5.74, 6) is 0.980. The highest BCUT2D eigenvalue weighted by molar-refractivity contribution is 9.10. The van der Waals surface area contributed by atoms with Crippen LogP contribution in [0, 0.1) is 0 Å². The molecule has 0 spiro atoms. The monoisotopic (exact) mass is 730 g/mol. The molecule has 0 aliphatic carbocycles. The average Bonchev–Trinajstić information content (AvgIpc) is 3.30. The van der Waals surface area contributed by atoms with Crippen molar-refractivity contribution in [3.63, 3.8) is 0 Å². The standard InChI is InChI=1S/C33H29BrCl2N2O6S/c1-17(2)44-32(40)29-18(3)37-33-38(30(29)22-15-21(34)8-11-25(22)41-4)31(39)28(45-33)14-19-7-10-26(27(13-19)42-5)43-16-20-6-9-23(35)24(36)12-20/h6-15,17,30H,16H2,1-5H3/b28-14-/t30-/m0/s1. The number of aromatic nitrogens is 1. The number of carbonyl (C=O) groups excluding carboxylic acids is 1. The van der Waals surface area contributed by atoms with Crippen LogP contribution in [0.3, 0.4) is 0 Å². The third-order valence-electron chi connectivity index (χ3n) is 6.93. The molecule has 1 aliphatic heterocycles. The maximum absolute atomic E-state index is 14.1. The number of halogens is 3. The molecule has 12 heteroatoms. The number of fused-ring (bicyclic) bond motifs is 1. The third-order valence-corrected chi connectivity index (χ3v) is 9.15. The number of hydrogen-bond acceptors (Lipinski definition) is 8. The highest BCUT2D eigenvalue weighted by Gasteiger charge is 2.35. The van der Waals surface area contributed by atoms with Crippen molar-refractivity contribution in [2.24, 2.45) is 4.99 Å². The zero-order valence-electron chi connectivity index (χ0n) is 25.0. The van der Waals surface area contributed by atoms with Crippen LogP contribution in [0.15, 0.2) is 80.1 Å². The minimum atomic E-state index is -0.825. The summed E-state index contributed by atoms with van der Waals surface area (Å²) in [6.07, 6.45) is 1.40. The van der Waals surface area contributed by atoms with Crippen molar-refractivity contribution < 1.29 is 23.7 Å². The van der Waals surface area contributed by atoms with E-state index in [4.69, 9.17) is 42.1 Å². The van der Waals surface area contributed by atoms with Crippen LogP contribution in [0.4, 0.5) is 0 Å². The molecule has 1 aliphatic rings. The number of esters is 1. The van der Waals surface area contributed by atoms with E-state index < -0.39 is 12.0 Å². The Balaban J connectivity index is 1.57. The van der Waals surface area contributed by atoms with Gasteiger partial charge >= 0.3 is 5.97 Å². The van der Waals surface area contributed by atoms with Crippen molar-refractivity contribution in [1.82, 2.24) is 4.57 Å². The molecule has 0 N–H and O–H groups in total. The Kier molecular flexibility index (Phi) is 10.1. The molecular weight excluding hydrogens is 703 g/mol. The Hall–Kier alpha value is -3.57. The number of ether oxygens (including phenoxy) is 4. The fourth-order valence-corrected chi connectivity index (χ4v) is 6.65. The van der Waals surface area contributed by atoms with Crippen LogP contribution in [-0.4, -0.2) is 30.9 Å². The van der Waals surface area contributed by atoms with Gasteiger partial charge < -0.3 is 18.9 Å². The minimum absolute atomic E-state index is 0.255. The number of nitrogens with zero attached hydrogens (tertiary/aromatic N) is 2. The van der Waals surface area contributed by atoms with Crippen molar-refractivity contribution in [1.29, 1.82) is 0 Å². The Morgan fingerprint density at radius 2 is 1.76 bits per heavy atom. The summed E-state index contributed by atoms with van der Waals surface area (Å²) in [7, 11) is 3.09. The van der Waals surface area contributed by atoms with Crippen LogP contribution in [0.2, 0.25) is 10.0 Å². The van der Waals surface area contributed by atoms with Gasteiger partial charge in [0.05, 0.1) is 46.2 Å². The highest BCUT2D eigenvalue weighted by atomic mass is 79.9. The molecule has 4 aromatic rings. The SMILES string of the molecule is COc1cc(/C=c2\sc3n(c2=O)[C@@H](c2cc(Br)ccc2OC)C(C(=O)OC(C)C)=C(C)N=3)ccc1OCc1ccc(Cl)c(Cl)c1. The van der Waals surface area contributed by atoms with E-state index in [1.54, 1.807) is 71.4 Å². The first-order valence-electron chi connectivity index (χ1n) is 13.8. The maximum Gasteiger partial charge on any atom is 0.338 e. The predicted octanol–water partition coefficient (Wildman–Crippen LogP) is 6.85. The summed E-state index contributed by atoms with van der Waals surface area (Å²) in [6.45, 7) is 5.55. The highest BCUT2D eigenvalue weighted by Crippen LogP contribution is 2.37. The van der Waals surface area contributed by atoms with Crippen molar-refractivity contribution in [3.8, 4) is 17.2 Å². The van der Waals surface area contributed by atoms with Crippen molar-refractivity contribution in [3.05, 3.63) is 117 Å². The maximum atomic E-state index is 14.1. The summed E-state index contributed by atoms with van der Waals surface area (Å²) in [4.78, 5) is 32.6. The molecule has 234 valence electrons. The topological polar surface area (TPSA) is 88.4 Å². The molecule has 0 unspecified atom stereocenters. The van der Waals surface area contributed by atoms with Gasteiger partial charge in [-0.25, -0.2) is 9.79 Å². The van der Waals surface area contributed by atoms with E-state index in [0.29, 0.717) is 53.5 Å². The number of benzene rings is 3. The van der Waals surface area contributed by atoms with Crippen LogP contribution < -0.4 is 29.1 Å². The van der Waals surface area contributed by atoms with E-state index in [2.05, 4.69) is 20.9 Å². The molecule has 0 saturated heterocycles. The lowest BCUT2D eigenvalue weighted by atomic mass is 9.95. The molecule has 0 saturated carbocycles. The van der Waals surface area contributed by atoms with Gasteiger partial charge in [-0.3, -0.25) is 9.36 Å². The van der Waals surface area contributed by atoms with Gasteiger partial charge in [-0.1, -0.05) is 62.6 Å². The van der Waals surface area contributed by atoms with Gasteiger partial charge in [0.15, 0.2) is 16.3 Å². The van der Waals surface area contributed by atoms with Crippen molar-refractivity contribution in [2.75, 3.05) is 14.2 Å². The van der Waals surface area contributed by atoms with E-state index in [-0.39, 0.29) is 23.8 Å². The van der Waals surface area contributed by atoms with Crippen LogP contribution >= 0.6 is 50.5 Å².